The Morgan fingerprint density at radius 1 is 1.08 bits per heavy atom. The van der Waals surface area contributed by atoms with Gasteiger partial charge in [-0.3, -0.25) is 4.79 Å². The summed E-state index contributed by atoms with van der Waals surface area (Å²) in [5, 5.41) is 2.79. The van der Waals surface area contributed by atoms with Crippen LogP contribution in [0.15, 0.2) is 48.5 Å². The molecule has 1 heterocycles. The molecule has 0 unspecified atom stereocenters. The maximum absolute atomic E-state index is 12.4. The van der Waals surface area contributed by atoms with E-state index in [1.165, 1.54) is 7.11 Å². The van der Waals surface area contributed by atoms with E-state index in [1.807, 2.05) is 12.1 Å². The van der Waals surface area contributed by atoms with Gasteiger partial charge in [0.25, 0.3) is 5.91 Å². The summed E-state index contributed by atoms with van der Waals surface area (Å²) >= 11 is 0. The molecule has 1 N–H and O–H groups in total. The topological polar surface area (TPSA) is 67.9 Å². The number of morpholine rings is 1. The van der Waals surface area contributed by atoms with E-state index in [1.54, 1.807) is 36.4 Å². The number of methoxy groups -OCH3 is 1. The van der Waals surface area contributed by atoms with Crippen LogP contribution in [0.3, 0.4) is 0 Å². The van der Waals surface area contributed by atoms with Crippen molar-refractivity contribution >= 4 is 23.3 Å². The number of ether oxygens (including phenoxy) is 2. The predicted octanol–water partition coefficient (Wildman–Crippen LogP) is 2.56. The molecule has 6 nitrogen and oxygen atoms in total. The number of amides is 1. The number of nitrogens with zero attached hydrogens (tertiary/aromatic N) is 1. The molecule has 2 aromatic rings. The average molecular weight is 340 g/mol. The molecule has 0 aromatic heterocycles. The van der Waals surface area contributed by atoms with Crippen LogP contribution in [0.5, 0.6) is 0 Å². The lowest BCUT2D eigenvalue weighted by Crippen LogP contribution is -2.36. The number of carbonyl (C=O) groups excluding carboxylic acids is 2. The van der Waals surface area contributed by atoms with Crippen molar-refractivity contribution in [2.45, 2.75) is 0 Å². The normalized spacial score (nSPS) is 14.0. The Hall–Kier alpha value is -2.86. The third-order valence-electron chi connectivity index (χ3n) is 4.07. The summed E-state index contributed by atoms with van der Waals surface area (Å²) in [6.07, 6.45) is 0. The zero-order chi connectivity index (χ0) is 17.6. The van der Waals surface area contributed by atoms with E-state index in [2.05, 4.69) is 10.2 Å². The van der Waals surface area contributed by atoms with Crippen molar-refractivity contribution in [1.29, 1.82) is 0 Å². The molecule has 1 aliphatic heterocycles. The highest BCUT2D eigenvalue weighted by Gasteiger charge is 2.18. The fourth-order valence-corrected chi connectivity index (χ4v) is 2.72. The van der Waals surface area contributed by atoms with Crippen molar-refractivity contribution in [3.05, 3.63) is 59.7 Å². The second-order valence-electron chi connectivity index (χ2n) is 5.64. The van der Waals surface area contributed by atoms with Crippen LogP contribution in [-0.2, 0) is 9.47 Å². The van der Waals surface area contributed by atoms with Crippen molar-refractivity contribution in [2.24, 2.45) is 0 Å². The van der Waals surface area contributed by atoms with E-state index < -0.39 is 5.97 Å². The van der Waals surface area contributed by atoms with Crippen LogP contribution in [0.1, 0.15) is 20.7 Å². The van der Waals surface area contributed by atoms with E-state index in [-0.39, 0.29) is 5.91 Å². The van der Waals surface area contributed by atoms with Gasteiger partial charge in [-0.1, -0.05) is 18.2 Å². The molecule has 2 aromatic carbocycles. The van der Waals surface area contributed by atoms with Crippen LogP contribution in [0.25, 0.3) is 0 Å². The Labute approximate surface area is 146 Å². The summed E-state index contributed by atoms with van der Waals surface area (Å²) in [6.45, 7) is 2.83. The van der Waals surface area contributed by atoms with Gasteiger partial charge in [-0.15, -0.1) is 0 Å². The largest absolute Gasteiger partial charge is 0.465 e. The van der Waals surface area contributed by atoms with Gasteiger partial charge < -0.3 is 19.7 Å². The fraction of sp³-hybridized carbons (Fsp3) is 0.263. The number of rotatable bonds is 4. The lowest BCUT2D eigenvalue weighted by Gasteiger charge is -2.29. The first kappa shape index (κ1) is 17.0. The van der Waals surface area contributed by atoms with Crippen LogP contribution in [-0.4, -0.2) is 45.3 Å². The molecular weight excluding hydrogens is 320 g/mol. The number of anilines is 2. The molecule has 130 valence electrons. The minimum atomic E-state index is -0.488. The Bertz CT molecular complexity index is 755. The van der Waals surface area contributed by atoms with Gasteiger partial charge in [-0.25, -0.2) is 4.79 Å². The molecule has 1 aliphatic rings. The van der Waals surface area contributed by atoms with Crippen molar-refractivity contribution in [3.63, 3.8) is 0 Å². The smallest absolute Gasteiger partial charge is 0.340 e. The zero-order valence-corrected chi connectivity index (χ0v) is 14.0. The lowest BCUT2D eigenvalue weighted by atomic mass is 10.1. The first-order chi connectivity index (χ1) is 12.2. The molecule has 1 amide bonds. The molecule has 0 radical (unpaired) electrons. The van der Waals surface area contributed by atoms with E-state index >= 15 is 0 Å². The number of carbonyl (C=O) groups is 2. The van der Waals surface area contributed by atoms with Crippen LogP contribution >= 0.6 is 0 Å². The number of hydrogen-bond acceptors (Lipinski definition) is 5. The van der Waals surface area contributed by atoms with Gasteiger partial charge in [-0.05, 0) is 30.3 Å². The Morgan fingerprint density at radius 2 is 1.80 bits per heavy atom. The second-order valence-corrected chi connectivity index (χ2v) is 5.64. The second kappa shape index (κ2) is 7.81. The van der Waals surface area contributed by atoms with Crippen molar-refractivity contribution in [2.75, 3.05) is 43.6 Å². The Morgan fingerprint density at radius 3 is 2.48 bits per heavy atom. The van der Waals surface area contributed by atoms with E-state index in [4.69, 9.17) is 9.47 Å². The minimum Gasteiger partial charge on any atom is -0.465 e. The quantitative estimate of drug-likeness (QED) is 0.867. The number of esters is 1. The third kappa shape index (κ3) is 3.97. The van der Waals surface area contributed by atoms with Gasteiger partial charge in [0.2, 0.25) is 0 Å². The lowest BCUT2D eigenvalue weighted by molar-refractivity contribution is 0.0602. The molecule has 25 heavy (non-hydrogen) atoms. The molecule has 0 bridgehead atoms. The maximum atomic E-state index is 12.4. The highest BCUT2D eigenvalue weighted by atomic mass is 16.5. The van der Waals surface area contributed by atoms with Crippen LogP contribution in [0, 0.1) is 0 Å². The van der Waals surface area contributed by atoms with Crippen molar-refractivity contribution < 1.29 is 19.1 Å². The molecule has 0 spiro atoms. The molecule has 3 rings (SSSR count). The zero-order valence-electron chi connectivity index (χ0n) is 14.0. The number of hydrogen-bond donors (Lipinski definition) is 1. The van der Waals surface area contributed by atoms with Gasteiger partial charge in [0.15, 0.2) is 0 Å². The van der Waals surface area contributed by atoms with Gasteiger partial charge in [0.05, 0.1) is 31.6 Å². The monoisotopic (exact) mass is 340 g/mol. The Kier molecular flexibility index (Phi) is 5.30. The average Bonchev–Trinajstić information content (AvgIpc) is 2.69. The third-order valence-corrected chi connectivity index (χ3v) is 4.07. The molecule has 1 fully saturated rings. The summed E-state index contributed by atoms with van der Waals surface area (Å²) in [6, 6.07) is 14.2. The van der Waals surface area contributed by atoms with E-state index in [0.29, 0.717) is 30.0 Å². The summed E-state index contributed by atoms with van der Waals surface area (Å²) < 4.78 is 10.2. The molecule has 0 atom stereocenters. The van der Waals surface area contributed by atoms with Crippen molar-refractivity contribution in [3.8, 4) is 0 Å². The first-order valence-electron chi connectivity index (χ1n) is 8.10. The summed E-state index contributed by atoms with van der Waals surface area (Å²) in [4.78, 5) is 26.7. The summed E-state index contributed by atoms with van der Waals surface area (Å²) in [7, 11) is 1.33. The molecule has 6 heteroatoms. The molecule has 0 aliphatic carbocycles. The summed E-state index contributed by atoms with van der Waals surface area (Å²) in [5.74, 6) is -0.761. The standard InChI is InChI=1S/C19H20N2O4/c1-24-19(23)16-13-15(21-9-11-25-12-10-21)7-8-17(16)20-18(22)14-5-3-2-4-6-14/h2-8,13H,9-12H2,1H3,(H,20,22). The maximum Gasteiger partial charge on any atom is 0.340 e. The van der Waals surface area contributed by atoms with Gasteiger partial charge in [0.1, 0.15) is 0 Å². The van der Waals surface area contributed by atoms with E-state index in [9.17, 15) is 9.59 Å². The van der Waals surface area contributed by atoms with Crippen LogP contribution < -0.4 is 10.2 Å². The van der Waals surface area contributed by atoms with Gasteiger partial charge in [0, 0.05) is 24.3 Å². The number of nitrogens with one attached hydrogen (secondary N) is 1. The van der Waals surface area contributed by atoms with E-state index in [0.717, 1.165) is 18.8 Å². The van der Waals surface area contributed by atoms with Crippen LogP contribution in [0.4, 0.5) is 11.4 Å². The highest BCUT2D eigenvalue weighted by molar-refractivity contribution is 6.08. The van der Waals surface area contributed by atoms with Crippen molar-refractivity contribution in [1.82, 2.24) is 0 Å². The van der Waals surface area contributed by atoms with Crippen LogP contribution in [0.2, 0.25) is 0 Å². The summed E-state index contributed by atoms with van der Waals surface area (Å²) in [5.41, 5.74) is 2.19. The molecule has 0 saturated carbocycles. The first-order valence-corrected chi connectivity index (χ1v) is 8.10. The molecule has 1 saturated heterocycles. The fourth-order valence-electron chi connectivity index (χ4n) is 2.72. The van der Waals surface area contributed by atoms with Gasteiger partial charge >= 0.3 is 5.97 Å². The SMILES string of the molecule is COC(=O)c1cc(N2CCOCC2)ccc1NC(=O)c1ccccc1. The highest BCUT2D eigenvalue weighted by Crippen LogP contribution is 2.25. The predicted molar refractivity (Wildman–Crippen MR) is 95.2 cm³/mol. The molecular formula is C19H20N2O4. The minimum absolute atomic E-state index is 0.273. The number of benzene rings is 2. The Balaban J connectivity index is 1.87. The van der Waals surface area contributed by atoms with Gasteiger partial charge in [-0.2, -0.15) is 0 Å².